The summed E-state index contributed by atoms with van der Waals surface area (Å²) in [5.41, 5.74) is 3.15. The van der Waals surface area contributed by atoms with E-state index in [0.717, 1.165) is 0 Å². The molecule has 0 radical (unpaired) electrons. The quantitative estimate of drug-likeness (QED) is 0.472. The van der Waals surface area contributed by atoms with E-state index in [0.29, 0.717) is 0 Å². The predicted octanol–water partition coefficient (Wildman–Crippen LogP) is -6.05. The smallest absolute Gasteiger partial charge is 1.00 e. The third-order valence-corrected chi connectivity index (χ3v) is 2.63. The number of allylic oxidation sites excluding steroid dienone is 4. The minimum absolute atomic E-state index is 0. The fourth-order valence-electron chi connectivity index (χ4n) is 1.31. The van der Waals surface area contributed by atoms with E-state index in [-0.39, 0.29) is 37.2 Å². The van der Waals surface area contributed by atoms with Crippen molar-refractivity contribution < 1.29 is 54.6 Å². The molecule has 0 N–H and O–H groups in total. The van der Waals surface area contributed by atoms with E-state index < -0.39 is 0 Å². The maximum absolute atomic E-state index is 2.67. The standard InChI is InChI=1S/C9H13.3ClH.V/c1-3-5-9-7-4-6-8(9)2;;;;/h4H,3,5-6H2,1-2H3;3*1H;/q;;;;+3/p-3. The van der Waals surface area contributed by atoms with Crippen molar-refractivity contribution in [2.24, 2.45) is 0 Å². The molecule has 0 nitrogen and oxygen atoms in total. The van der Waals surface area contributed by atoms with Crippen LogP contribution in [0, 0.1) is 0 Å². The van der Waals surface area contributed by atoms with Crippen LogP contribution < -0.4 is 37.2 Å². The van der Waals surface area contributed by atoms with Crippen LogP contribution in [-0.2, 0) is 17.4 Å². The van der Waals surface area contributed by atoms with Crippen molar-refractivity contribution in [3.63, 3.8) is 0 Å². The minimum Gasteiger partial charge on any atom is -1.00 e. The van der Waals surface area contributed by atoms with Gasteiger partial charge in [-0.3, -0.25) is 0 Å². The molecule has 0 spiro atoms. The number of rotatable bonds is 2. The molecule has 13 heavy (non-hydrogen) atoms. The molecule has 0 aromatic rings. The van der Waals surface area contributed by atoms with Crippen LogP contribution in [0.3, 0.4) is 0 Å². The van der Waals surface area contributed by atoms with Crippen molar-refractivity contribution in [3.05, 3.63) is 21.5 Å². The van der Waals surface area contributed by atoms with Crippen LogP contribution in [0.2, 0.25) is 0 Å². The number of hydrogen-bond donors (Lipinski definition) is 0. The number of halogens is 3. The summed E-state index contributed by atoms with van der Waals surface area (Å²) in [4.78, 5) is 0. The Balaban J connectivity index is -0.000000333. The Labute approximate surface area is 109 Å². The first-order chi connectivity index (χ1) is 4.75. The Bertz CT molecular complexity index is 197. The summed E-state index contributed by atoms with van der Waals surface area (Å²) in [5.74, 6) is 0. The van der Waals surface area contributed by atoms with Gasteiger partial charge in [-0.25, -0.2) is 0 Å². The van der Waals surface area contributed by atoms with Gasteiger partial charge >= 0.3 is 72.0 Å². The Morgan fingerprint density at radius 2 is 1.85 bits per heavy atom. The largest absolute Gasteiger partial charge is 1.00 e. The van der Waals surface area contributed by atoms with E-state index >= 15 is 0 Å². The zero-order valence-electron chi connectivity index (χ0n) is 7.78. The van der Waals surface area contributed by atoms with Gasteiger partial charge in [0.25, 0.3) is 0 Å². The molecule has 0 aromatic heterocycles. The third kappa shape index (κ3) is 5.39. The second-order valence-corrected chi connectivity index (χ2v) is 3.55. The van der Waals surface area contributed by atoms with Crippen molar-refractivity contribution in [2.75, 3.05) is 0 Å². The fourth-order valence-corrected chi connectivity index (χ4v) is 1.92. The Hall–Kier alpha value is 0.934. The van der Waals surface area contributed by atoms with Crippen molar-refractivity contribution in [1.29, 1.82) is 0 Å². The average molecular weight is 279 g/mol. The molecule has 1 aliphatic carbocycles. The van der Waals surface area contributed by atoms with Gasteiger partial charge in [0.2, 0.25) is 0 Å². The van der Waals surface area contributed by atoms with Gasteiger partial charge in [-0.2, -0.15) is 0 Å². The van der Waals surface area contributed by atoms with Gasteiger partial charge in [0, 0.05) is 0 Å². The molecule has 0 aromatic carbocycles. The summed E-state index contributed by atoms with van der Waals surface area (Å²) in [7, 11) is 0. The minimum atomic E-state index is 0. The summed E-state index contributed by atoms with van der Waals surface area (Å²) in [6.45, 7) is 4.47. The van der Waals surface area contributed by atoms with Crippen LogP contribution >= 0.6 is 0 Å². The third-order valence-electron chi connectivity index (χ3n) is 1.93. The Morgan fingerprint density at radius 1 is 1.31 bits per heavy atom. The molecular weight excluding hydrogens is 265 g/mol. The second-order valence-electron chi connectivity index (χ2n) is 2.80. The molecule has 4 heteroatoms. The molecule has 1 rings (SSSR count). The van der Waals surface area contributed by atoms with Gasteiger partial charge in [0.15, 0.2) is 0 Å². The monoisotopic (exact) mass is 277 g/mol. The van der Waals surface area contributed by atoms with E-state index in [2.05, 4.69) is 37.3 Å². The van der Waals surface area contributed by atoms with Crippen molar-refractivity contribution in [3.8, 4) is 0 Å². The van der Waals surface area contributed by atoms with Gasteiger partial charge in [-0.1, -0.05) is 0 Å². The van der Waals surface area contributed by atoms with E-state index in [9.17, 15) is 0 Å². The first-order valence-corrected chi connectivity index (χ1v) is 4.53. The average Bonchev–Trinajstić information content (AvgIpc) is 2.20. The topological polar surface area (TPSA) is 0 Å². The molecule has 0 saturated heterocycles. The van der Waals surface area contributed by atoms with Gasteiger partial charge in [0.05, 0.1) is 0 Å². The van der Waals surface area contributed by atoms with Crippen LogP contribution in [0.25, 0.3) is 0 Å². The summed E-state index contributed by atoms with van der Waals surface area (Å²) in [6, 6.07) is 0. The molecule has 0 aliphatic heterocycles. The zero-order chi connectivity index (χ0) is 7.56. The Kier molecular flexibility index (Phi) is 14.2. The first-order valence-electron chi connectivity index (χ1n) is 3.83. The number of hydrogen-bond acceptors (Lipinski definition) is 0. The first kappa shape index (κ1) is 19.5. The van der Waals surface area contributed by atoms with Crippen LogP contribution in [0.1, 0.15) is 33.1 Å². The van der Waals surface area contributed by atoms with Gasteiger partial charge in [0.1, 0.15) is 0 Å². The molecule has 1 aliphatic rings. The molecule has 0 saturated carbocycles. The predicted molar refractivity (Wildman–Crippen MR) is 40.3 cm³/mol. The van der Waals surface area contributed by atoms with Gasteiger partial charge in [-0.05, 0) is 0 Å². The summed E-state index contributed by atoms with van der Waals surface area (Å²) < 4.78 is 1.45. The molecule has 0 bridgehead atoms. The normalized spacial score (nSPS) is 14.0. The SMILES string of the molecule is CCCC1=C(C)CC=[C]1[V+3].[Cl-].[Cl-].[Cl-]. The van der Waals surface area contributed by atoms with Crippen LogP contribution in [0.4, 0.5) is 0 Å². The van der Waals surface area contributed by atoms with Crippen molar-refractivity contribution >= 4 is 0 Å². The van der Waals surface area contributed by atoms with E-state index in [1.165, 1.54) is 23.5 Å². The van der Waals surface area contributed by atoms with Crippen LogP contribution in [0.5, 0.6) is 0 Å². The second kappa shape index (κ2) is 9.49. The van der Waals surface area contributed by atoms with Crippen LogP contribution in [0.15, 0.2) is 21.5 Å². The van der Waals surface area contributed by atoms with Crippen molar-refractivity contribution in [1.82, 2.24) is 0 Å². The fraction of sp³-hybridized carbons (Fsp3) is 0.556. The molecule has 75 valence electrons. The molecule has 0 atom stereocenters. The molecule has 0 unspecified atom stereocenters. The molecule has 0 fully saturated rings. The maximum atomic E-state index is 2.67. The maximum Gasteiger partial charge on any atom is -1.00 e. The summed E-state index contributed by atoms with van der Waals surface area (Å²) in [6.07, 6.45) is 6.01. The molecular formula is C9H13Cl3V. The van der Waals surface area contributed by atoms with Crippen molar-refractivity contribution in [2.45, 2.75) is 33.1 Å². The molecule has 0 heterocycles. The summed E-state index contributed by atoms with van der Waals surface area (Å²) >= 11 is 2.67. The zero-order valence-corrected chi connectivity index (χ0v) is 11.4. The summed E-state index contributed by atoms with van der Waals surface area (Å²) in [5, 5.41) is 0. The Morgan fingerprint density at radius 3 is 2.15 bits per heavy atom. The van der Waals surface area contributed by atoms with E-state index in [4.69, 9.17) is 0 Å². The van der Waals surface area contributed by atoms with E-state index in [1.807, 2.05) is 0 Å². The van der Waals surface area contributed by atoms with E-state index in [1.54, 1.807) is 11.1 Å². The van der Waals surface area contributed by atoms with Gasteiger partial charge < -0.3 is 37.2 Å². The van der Waals surface area contributed by atoms with Gasteiger partial charge in [-0.15, -0.1) is 0 Å². The van der Waals surface area contributed by atoms with Crippen LogP contribution in [-0.4, -0.2) is 0 Å². The molecule has 0 amide bonds.